The van der Waals surface area contributed by atoms with Crippen LogP contribution < -0.4 is 10.2 Å². The van der Waals surface area contributed by atoms with Crippen molar-refractivity contribution in [2.75, 3.05) is 58.4 Å². The maximum absolute atomic E-state index is 12.3. The molecule has 0 unspecified atom stereocenters. The van der Waals surface area contributed by atoms with E-state index in [9.17, 15) is 4.79 Å². The largest absolute Gasteiger partial charge is 0.378 e. The van der Waals surface area contributed by atoms with E-state index in [0.29, 0.717) is 12.1 Å². The normalized spacial score (nSPS) is 14.5. The van der Waals surface area contributed by atoms with E-state index >= 15 is 0 Å². The second kappa shape index (κ2) is 8.59. The molecule has 0 atom stereocenters. The number of hydrogen-bond donors (Lipinski definition) is 1. The predicted octanol–water partition coefficient (Wildman–Crippen LogP) is 1.52. The molecular formula is C21H26N6O2. The molecular weight excluding hydrogens is 368 g/mol. The number of aromatic nitrogens is 3. The van der Waals surface area contributed by atoms with Crippen LogP contribution in [0.5, 0.6) is 0 Å². The van der Waals surface area contributed by atoms with Crippen molar-refractivity contribution in [1.29, 1.82) is 0 Å². The summed E-state index contributed by atoms with van der Waals surface area (Å²) in [5.41, 5.74) is 3.37. The Kier molecular flexibility index (Phi) is 5.73. The molecule has 1 amide bonds. The Morgan fingerprint density at radius 1 is 1.17 bits per heavy atom. The maximum atomic E-state index is 12.3. The summed E-state index contributed by atoms with van der Waals surface area (Å²) in [6, 6.07) is 9.56. The summed E-state index contributed by atoms with van der Waals surface area (Å²) in [5.74, 6) is 0.951. The second-order valence-electron chi connectivity index (χ2n) is 7.33. The average molecular weight is 394 g/mol. The molecule has 1 fully saturated rings. The minimum absolute atomic E-state index is 0.0639. The summed E-state index contributed by atoms with van der Waals surface area (Å²) in [6.45, 7) is 4.54. The summed E-state index contributed by atoms with van der Waals surface area (Å²) in [7, 11) is 3.96. The van der Waals surface area contributed by atoms with E-state index in [4.69, 9.17) is 4.74 Å². The lowest BCUT2D eigenvalue weighted by atomic mass is 10.1. The first kappa shape index (κ1) is 19.4. The van der Waals surface area contributed by atoms with Crippen molar-refractivity contribution in [2.24, 2.45) is 0 Å². The van der Waals surface area contributed by atoms with Gasteiger partial charge in [-0.1, -0.05) is 12.1 Å². The molecule has 1 aliphatic rings. The van der Waals surface area contributed by atoms with E-state index in [1.807, 2.05) is 66.2 Å². The van der Waals surface area contributed by atoms with Crippen LogP contribution in [0.2, 0.25) is 0 Å². The van der Waals surface area contributed by atoms with Gasteiger partial charge in [-0.05, 0) is 37.9 Å². The van der Waals surface area contributed by atoms with E-state index in [1.54, 1.807) is 0 Å². The first-order valence-corrected chi connectivity index (χ1v) is 9.82. The zero-order chi connectivity index (χ0) is 20.2. The third-order valence-corrected chi connectivity index (χ3v) is 5.02. The average Bonchev–Trinajstić information content (AvgIpc) is 3.18. The molecule has 0 saturated carbocycles. The standard InChI is InChI=1S/C21H26N6O2/c1-25(2)10-9-23-21(28)17-5-3-16(4-6-17)18-15-24-27-19(7-8-22-20(18)27)26-11-13-29-14-12-26/h3-8,15H,9-14H2,1-2H3,(H,23,28). The van der Waals surface area contributed by atoms with Gasteiger partial charge < -0.3 is 19.9 Å². The van der Waals surface area contributed by atoms with Crippen molar-refractivity contribution < 1.29 is 9.53 Å². The van der Waals surface area contributed by atoms with Crippen LogP contribution in [0.25, 0.3) is 16.8 Å². The highest BCUT2D eigenvalue weighted by molar-refractivity contribution is 5.95. The van der Waals surface area contributed by atoms with Crippen LogP contribution in [0.4, 0.5) is 5.82 Å². The van der Waals surface area contributed by atoms with Gasteiger partial charge in [0.2, 0.25) is 0 Å². The molecule has 1 saturated heterocycles. The summed E-state index contributed by atoms with van der Waals surface area (Å²) in [5, 5.41) is 7.51. The molecule has 29 heavy (non-hydrogen) atoms. The molecule has 1 aromatic carbocycles. The van der Waals surface area contributed by atoms with Crippen molar-refractivity contribution in [2.45, 2.75) is 0 Å². The van der Waals surface area contributed by atoms with Gasteiger partial charge in [-0.3, -0.25) is 4.79 Å². The number of carbonyl (C=O) groups excluding carboxylic acids is 1. The van der Waals surface area contributed by atoms with Crippen LogP contribution in [0, 0.1) is 0 Å². The Labute approximate surface area is 170 Å². The highest BCUT2D eigenvalue weighted by Crippen LogP contribution is 2.26. The lowest BCUT2D eigenvalue weighted by Gasteiger charge is -2.28. The second-order valence-corrected chi connectivity index (χ2v) is 7.33. The van der Waals surface area contributed by atoms with Gasteiger partial charge in [0.1, 0.15) is 5.82 Å². The van der Waals surface area contributed by atoms with Gasteiger partial charge in [-0.15, -0.1) is 0 Å². The Hall–Kier alpha value is -2.97. The monoisotopic (exact) mass is 394 g/mol. The molecule has 152 valence electrons. The number of hydrogen-bond acceptors (Lipinski definition) is 6. The van der Waals surface area contributed by atoms with Gasteiger partial charge in [0, 0.05) is 43.5 Å². The summed E-state index contributed by atoms with van der Waals surface area (Å²) in [6.07, 6.45) is 3.65. The van der Waals surface area contributed by atoms with Gasteiger partial charge in [0.25, 0.3) is 5.91 Å². The minimum atomic E-state index is -0.0639. The van der Waals surface area contributed by atoms with Crippen LogP contribution in [0.15, 0.2) is 42.7 Å². The Morgan fingerprint density at radius 3 is 2.66 bits per heavy atom. The number of carbonyl (C=O) groups is 1. The lowest BCUT2D eigenvalue weighted by molar-refractivity contribution is 0.0951. The number of fused-ring (bicyclic) bond motifs is 1. The Balaban J connectivity index is 1.55. The van der Waals surface area contributed by atoms with Gasteiger partial charge in [-0.25, -0.2) is 4.98 Å². The molecule has 8 nitrogen and oxygen atoms in total. The highest BCUT2D eigenvalue weighted by Gasteiger charge is 2.17. The van der Waals surface area contributed by atoms with E-state index in [1.165, 1.54) is 0 Å². The molecule has 1 N–H and O–H groups in total. The Morgan fingerprint density at radius 2 is 1.93 bits per heavy atom. The molecule has 3 heterocycles. The summed E-state index contributed by atoms with van der Waals surface area (Å²) < 4.78 is 7.33. The molecule has 1 aliphatic heterocycles. The number of ether oxygens (including phenoxy) is 1. The van der Waals surface area contributed by atoms with Crippen molar-refractivity contribution in [3.8, 4) is 11.1 Å². The zero-order valence-electron chi connectivity index (χ0n) is 16.8. The quantitative estimate of drug-likeness (QED) is 0.683. The smallest absolute Gasteiger partial charge is 0.251 e. The van der Waals surface area contributed by atoms with E-state index in [2.05, 4.69) is 20.3 Å². The lowest BCUT2D eigenvalue weighted by Crippen LogP contribution is -2.37. The molecule has 0 bridgehead atoms. The number of amides is 1. The predicted molar refractivity (Wildman–Crippen MR) is 112 cm³/mol. The number of nitrogens with one attached hydrogen (secondary N) is 1. The van der Waals surface area contributed by atoms with Gasteiger partial charge >= 0.3 is 0 Å². The number of anilines is 1. The first-order valence-electron chi connectivity index (χ1n) is 9.82. The fourth-order valence-electron chi connectivity index (χ4n) is 3.41. The summed E-state index contributed by atoms with van der Waals surface area (Å²) in [4.78, 5) is 21.1. The first-order chi connectivity index (χ1) is 14.1. The van der Waals surface area contributed by atoms with Gasteiger partial charge in [-0.2, -0.15) is 9.61 Å². The van der Waals surface area contributed by atoms with Crippen LogP contribution in [0.1, 0.15) is 10.4 Å². The van der Waals surface area contributed by atoms with Crippen molar-refractivity contribution in [1.82, 2.24) is 24.8 Å². The fraction of sp³-hybridized carbons (Fsp3) is 0.381. The highest BCUT2D eigenvalue weighted by atomic mass is 16.5. The molecule has 2 aromatic heterocycles. The van der Waals surface area contributed by atoms with Crippen molar-refractivity contribution in [3.05, 3.63) is 48.3 Å². The van der Waals surface area contributed by atoms with Crippen LogP contribution in [-0.4, -0.2) is 78.9 Å². The Bertz CT molecular complexity index is 977. The van der Waals surface area contributed by atoms with E-state index < -0.39 is 0 Å². The topological polar surface area (TPSA) is 75.0 Å². The number of nitrogens with zero attached hydrogens (tertiary/aromatic N) is 5. The van der Waals surface area contributed by atoms with Crippen LogP contribution in [-0.2, 0) is 4.74 Å². The number of likely N-dealkylation sites (N-methyl/N-ethyl adjacent to an activating group) is 1. The SMILES string of the molecule is CN(C)CCNC(=O)c1ccc(-c2cnn3c(N4CCOCC4)ccnc23)cc1. The third kappa shape index (κ3) is 4.23. The van der Waals surface area contributed by atoms with E-state index in [0.717, 1.165) is 55.4 Å². The summed E-state index contributed by atoms with van der Waals surface area (Å²) >= 11 is 0. The van der Waals surface area contributed by atoms with Crippen molar-refractivity contribution >= 4 is 17.4 Å². The molecule has 4 rings (SSSR count). The van der Waals surface area contributed by atoms with Gasteiger partial charge in [0.05, 0.1) is 19.4 Å². The number of rotatable bonds is 6. The molecule has 8 heteroatoms. The van der Waals surface area contributed by atoms with E-state index in [-0.39, 0.29) is 5.91 Å². The molecule has 3 aromatic rings. The number of benzene rings is 1. The molecule has 0 aliphatic carbocycles. The minimum Gasteiger partial charge on any atom is -0.378 e. The van der Waals surface area contributed by atoms with Crippen LogP contribution >= 0.6 is 0 Å². The van der Waals surface area contributed by atoms with Crippen molar-refractivity contribution in [3.63, 3.8) is 0 Å². The zero-order valence-corrected chi connectivity index (χ0v) is 16.8. The third-order valence-electron chi connectivity index (χ3n) is 5.02. The molecule has 0 spiro atoms. The number of morpholine rings is 1. The van der Waals surface area contributed by atoms with Gasteiger partial charge in [0.15, 0.2) is 5.65 Å². The van der Waals surface area contributed by atoms with Crippen LogP contribution in [0.3, 0.4) is 0 Å². The molecule has 0 radical (unpaired) electrons. The fourth-order valence-corrected chi connectivity index (χ4v) is 3.41. The maximum Gasteiger partial charge on any atom is 0.251 e.